The van der Waals surface area contributed by atoms with E-state index in [0.29, 0.717) is 0 Å². The van der Waals surface area contributed by atoms with Crippen LogP contribution in [0, 0.1) is 0 Å². The minimum absolute atomic E-state index is 0.0263. The molecule has 20 atom stereocenters. The Hall–Kier alpha value is -5.88. The van der Waals surface area contributed by atoms with Gasteiger partial charge in [0.15, 0.2) is 42.0 Å². The topological polar surface area (TPSA) is 474 Å². The van der Waals surface area contributed by atoms with Crippen molar-refractivity contribution in [3.8, 4) is 45.8 Å². The van der Waals surface area contributed by atoms with E-state index in [1.165, 1.54) is 30.3 Å². The summed E-state index contributed by atoms with van der Waals surface area (Å²) in [6.45, 7) is -3.71. The van der Waals surface area contributed by atoms with E-state index in [2.05, 4.69) is 0 Å². The Morgan fingerprint density at radius 3 is 1.69 bits per heavy atom. The second kappa shape index (κ2) is 24.0. The summed E-state index contributed by atoms with van der Waals surface area (Å²) in [5.41, 5.74) is -1.51. The molecule has 0 radical (unpaired) electrons. The number of ether oxygens (including phenoxy) is 9. The first-order valence-corrected chi connectivity index (χ1v) is 23.5. The predicted molar refractivity (Wildman–Crippen MR) is 248 cm³/mol. The van der Waals surface area contributed by atoms with Crippen LogP contribution in [0.5, 0.6) is 34.5 Å². The van der Waals surface area contributed by atoms with Crippen LogP contribution in [-0.4, -0.2) is 242 Å². The number of hydrogen-bond donors (Lipinski definition) is 17. The summed E-state index contributed by atoms with van der Waals surface area (Å²) in [7, 11) is 0. The molecule has 77 heavy (non-hydrogen) atoms. The molecule has 0 aliphatic carbocycles. The maximum Gasteiger partial charge on any atom is 0.331 e. The molecule has 1 aromatic heterocycles. The highest BCUT2D eigenvalue weighted by atomic mass is 16.8. The van der Waals surface area contributed by atoms with Gasteiger partial charge in [-0.25, -0.2) is 4.79 Å². The number of benzene rings is 3. The summed E-state index contributed by atoms with van der Waals surface area (Å²) in [6.07, 6.45) is -36.0. The average Bonchev–Trinajstić information content (AvgIpc) is 3.41. The van der Waals surface area contributed by atoms with Crippen LogP contribution in [0.4, 0.5) is 0 Å². The lowest BCUT2D eigenvalue weighted by molar-refractivity contribution is -0.358. The van der Waals surface area contributed by atoms with E-state index in [1.807, 2.05) is 0 Å². The molecule has 29 nitrogen and oxygen atoms in total. The number of phenolic OH excluding ortho intramolecular Hbond substituents is 4. The molecular weight excluding hydrogens is 1040 g/mol. The van der Waals surface area contributed by atoms with Gasteiger partial charge in [0.2, 0.25) is 23.8 Å². The Bertz CT molecular complexity index is 2750. The van der Waals surface area contributed by atoms with Crippen molar-refractivity contribution in [2.45, 2.75) is 123 Å². The van der Waals surface area contributed by atoms with Crippen LogP contribution >= 0.6 is 0 Å². The fourth-order valence-electron chi connectivity index (χ4n) is 8.86. The van der Waals surface area contributed by atoms with Crippen LogP contribution in [0.15, 0.2) is 69.9 Å². The number of aliphatic hydroxyl groups is 13. The first kappa shape index (κ1) is 57.3. The number of carbonyl (C=O) groups excluding carboxylic acids is 1. The lowest BCUT2D eigenvalue weighted by Gasteiger charge is -2.46. The molecule has 3 aromatic carbocycles. The maximum absolute atomic E-state index is 14.7. The number of aliphatic hydroxyl groups excluding tert-OH is 13. The first-order chi connectivity index (χ1) is 36.7. The third kappa shape index (κ3) is 11.8. The molecular formula is C48H56O29. The van der Waals surface area contributed by atoms with Crippen molar-refractivity contribution in [1.29, 1.82) is 0 Å². The van der Waals surface area contributed by atoms with E-state index < -0.39 is 206 Å². The Kier molecular flexibility index (Phi) is 17.9. The first-order valence-electron chi connectivity index (χ1n) is 23.5. The molecule has 4 saturated heterocycles. The summed E-state index contributed by atoms with van der Waals surface area (Å²) in [6, 6.07) is 10.2. The fraction of sp³-hybridized carbons (Fsp3) is 0.500. The molecule has 0 amide bonds. The number of rotatable bonds is 16. The number of aromatic hydroxyl groups is 4. The van der Waals surface area contributed by atoms with E-state index in [1.54, 1.807) is 0 Å². The molecule has 0 spiro atoms. The van der Waals surface area contributed by atoms with Gasteiger partial charge in [-0.15, -0.1) is 0 Å². The number of fused-ring (bicyclic) bond motifs is 1. The van der Waals surface area contributed by atoms with Crippen molar-refractivity contribution < 1.29 is 139 Å². The summed E-state index contributed by atoms with van der Waals surface area (Å²) < 4.78 is 57.5. The number of esters is 1. The Morgan fingerprint density at radius 1 is 0.519 bits per heavy atom. The van der Waals surface area contributed by atoms with Gasteiger partial charge in [0.1, 0.15) is 114 Å². The molecule has 4 fully saturated rings. The Morgan fingerprint density at radius 2 is 1.06 bits per heavy atom. The predicted octanol–water partition coefficient (Wildman–Crippen LogP) is -5.45. The van der Waals surface area contributed by atoms with E-state index in [4.69, 9.17) is 47.0 Å². The Balaban J connectivity index is 1.10. The average molecular weight is 1100 g/mol. The third-order valence-corrected chi connectivity index (χ3v) is 13.1. The molecule has 20 unspecified atom stereocenters. The van der Waals surface area contributed by atoms with Crippen molar-refractivity contribution in [3.05, 3.63) is 76.5 Å². The van der Waals surface area contributed by atoms with Crippen molar-refractivity contribution in [3.63, 3.8) is 0 Å². The summed E-state index contributed by atoms with van der Waals surface area (Å²) in [5.74, 6) is -5.12. The zero-order chi connectivity index (χ0) is 55.7. The van der Waals surface area contributed by atoms with E-state index in [9.17, 15) is 96.4 Å². The molecule has 0 bridgehead atoms. The van der Waals surface area contributed by atoms with Gasteiger partial charge in [-0.05, 0) is 48.0 Å². The molecule has 422 valence electrons. The van der Waals surface area contributed by atoms with Crippen molar-refractivity contribution in [1.82, 2.24) is 0 Å². The van der Waals surface area contributed by atoms with Crippen LogP contribution in [0.2, 0.25) is 0 Å². The highest BCUT2D eigenvalue weighted by Gasteiger charge is 2.54. The van der Waals surface area contributed by atoms with Gasteiger partial charge >= 0.3 is 5.97 Å². The maximum atomic E-state index is 14.7. The van der Waals surface area contributed by atoms with Gasteiger partial charge in [-0.2, -0.15) is 0 Å². The second-order valence-electron chi connectivity index (χ2n) is 18.2. The SMILES string of the molecule is O=C(/C=C/c1ccc(O)c(O)c1)OC1C(OC2C(Oc3c(-c4ccc(O)cc4)oc4cc(OC5OC(CO)C(OC6OC(CO)C(O)C(O)C6O)C(O)C5O)cc(O)c4c3=O)OC(CO)C(O)C2O)OC(CO)C(O)C1O. The van der Waals surface area contributed by atoms with Gasteiger partial charge in [0.25, 0.3) is 0 Å². The van der Waals surface area contributed by atoms with Gasteiger partial charge in [-0.3, -0.25) is 4.79 Å². The van der Waals surface area contributed by atoms with Crippen molar-refractivity contribution >= 4 is 23.0 Å². The van der Waals surface area contributed by atoms with E-state index in [0.717, 1.165) is 36.4 Å². The van der Waals surface area contributed by atoms with Crippen LogP contribution in [0.1, 0.15) is 5.56 Å². The molecule has 4 aromatic rings. The third-order valence-electron chi connectivity index (χ3n) is 13.1. The highest BCUT2D eigenvalue weighted by Crippen LogP contribution is 2.40. The van der Waals surface area contributed by atoms with Gasteiger partial charge in [0, 0.05) is 23.8 Å². The molecule has 0 saturated carbocycles. The van der Waals surface area contributed by atoms with Crippen molar-refractivity contribution in [2.75, 3.05) is 26.4 Å². The van der Waals surface area contributed by atoms with Gasteiger partial charge < -0.3 is 134 Å². The van der Waals surface area contributed by atoms with Crippen LogP contribution < -0.4 is 14.9 Å². The molecule has 8 rings (SSSR count). The minimum atomic E-state index is -2.17. The zero-order valence-corrected chi connectivity index (χ0v) is 39.7. The number of hydrogen-bond acceptors (Lipinski definition) is 29. The number of phenols is 4. The van der Waals surface area contributed by atoms with E-state index in [-0.39, 0.29) is 16.9 Å². The minimum Gasteiger partial charge on any atom is -0.508 e. The van der Waals surface area contributed by atoms with Crippen molar-refractivity contribution in [2.24, 2.45) is 0 Å². The van der Waals surface area contributed by atoms with Crippen LogP contribution in [0.3, 0.4) is 0 Å². The van der Waals surface area contributed by atoms with Gasteiger partial charge in [-0.1, -0.05) is 6.07 Å². The molecule has 29 heteroatoms. The monoisotopic (exact) mass is 1100 g/mol. The summed E-state index contributed by atoms with van der Waals surface area (Å²) >= 11 is 0. The molecule has 4 aliphatic rings. The Labute approximate surface area is 432 Å². The molecule has 17 N–H and O–H groups in total. The molecule has 4 aliphatic heterocycles. The standard InChI is InChI=1S/C48H56O29/c49-12-24-30(58)34(62)38(66)46(70-24)75-41-27(15-52)73-45(39(67)37(41)65)68-19-10-22(56)29-23(11-19)69-40(17-3-5-18(53)6-4-17)42(33(29)61)76-48-44(36(64)32(60)26(14-51)72-48)77-47-43(35(63)31(59)25(13-50)71-47)74-28(57)8-2-16-1-7-20(54)21(55)9-16/h1-11,24-27,30-32,34-39,41,43-56,58-60,62-67H,12-15H2/b8-2+. The highest BCUT2D eigenvalue weighted by molar-refractivity contribution is 5.89. The van der Waals surface area contributed by atoms with Crippen LogP contribution in [0.25, 0.3) is 28.4 Å². The smallest absolute Gasteiger partial charge is 0.331 e. The summed E-state index contributed by atoms with van der Waals surface area (Å²) in [4.78, 5) is 27.8. The second-order valence-corrected chi connectivity index (χ2v) is 18.2. The zero-order valence-electron chi connectivity index (χ0n) is 39.7. The van der Waals surface area contributed by atoms with E-state index >= 15 is 0 Å². The molecule has 5 heterocycles. The van der Waals surface area contributed by atoms with Crippen LogP contribution in [-0.2, 0) is 38.0 Å². The van der Waals surface area contributed by atoms with Gasteiger partial charge in [0.05, 0.1) is 26.4 Å². The number of carbonyl (C=O) groups is 1. The summed E-state index contributed by atoms with van der Waals surface area (Å²) in [5, 5.41) is 178. The fourth-order valence-corrected chi connectivity index (χ4v) is 8.86. The quantitative estimate of drug-likeness (QED) is 0.0283. The normalized spacial score (nSPS) is 35.7. The lowest BCUT2D eigenvalue weighted by Crippen LogP contribution is -2.65. The largest absolute Gasteiger partial charge is 0.508 e. The lowest BCUT2D eigenvalue weighted by atomic mass is 9.97.